The monoisotopic (exact) mass is 304 g/mol. The first-order valence-electron chi connectivity index (χ1n) is 6.77. The van der Waals surface area contributed by atoms with Gasteiger partial charge < -0.3 is 4.74 Å². The molecule has 0 N–H and O–H groups in total. The molecular formula is C17H17ClOS. The molecule has 20 heavy (non-hydrogen) atoms. The van der Waals surface area contributed by atoms with E-state index in [1.165, 1.54) is 10.5 Å². The Balaban J connectivity index is 1.64. The lowest BCUT2D eigenvalue weighted by atomic mass is 10.1. The minimum Gasteiger partial charge on any atom is -0.492 e. The van der Waals surface area contributed by atoms with Crippen LogP contribution in [-0.4, -0.2) is 11.9 Å². The SMILES string of the molecule is Cc1cc(OCC2Cc3ccccc3S2)cc(C)c1Cl. The van der Waals surface area contributed by atoms with Crippen LogP contribution >= 0.6 is 23.4 Å². The van der Waals surface area contributed by atoms with E-state index in [1.54, 1.807) is 0 Å². The zero-order valence-electron chi connectivity index (χ0n) is 11.7. The van der Waals surface area contributed by atoms with Crippen molar-refractivity contribution in [1.29, 1.82) is 0 Å². The Bertz CT molecular complexity index is 591. The first-order chi connectivity index (χ1) is 9.63. The van der Waals surface area contributed by atoms with Gasteiger partial charge in [0.25, 0.3) is 0 Å². The van der Waals surface area contributed by atoms with Crippen molar-refractivity contribution in [3.8, 4) is 5.75 Å². The van der Waals surface area contributed by atoms with Gasteiger partial charge in [-0.25, -0.2) is 0 Å². The average molecular weight is 305 g/mol. The van der Waals surface area contributed by atoms with Crippen LogP contribution in [0, 0.1) is 13.8 Å². The average Bonchev–Trinajstić information content (AvgIpc) is 2.85. The van der Waals surface area contributed by atoms with Gasteiger partial charge in [-0.2, -0.15) is 0 Å². The van der Waals surface area contributed by atoms with Crippen molar-refractivity contribution in [3.05, 3.63) is 58.1 Å². The Morgan fingerprint density at radius 1 is 1.20 bits per heavy atom. The maximum absolute atomic E-state index is 6.18. The molecule has 2 aromatic carbocycles. The lowest BCUT2D eigenvalue weighted by molar-refractivity contribution is 0.317. The molecule has 1 aliphatic rings. The molecule has 0 amide bonds. The molecule has 104 valence electrons. The summed E-state index contributed by atoms with van der Waals surface area (Å²) < 4.78 is 5.96. The number of ether oxygens (including phenoxy) is 1. The first kappa shape index (κ1) is 13.8. The Labute approximate surface area is 129 Å². The van der Waals surface area contributed by atoms with Gasteiger partial charge in [-0.05, 0) is 55.2 Å². The first-order valence-corrected chi connectivity index (χ1v) is 8.03. The summed E-state index contributed by atoms with van der Waals surface area (Å²) in [6, 6.07) is 12.6. The molecule has 1 atom stereocenters. The number of halogens is 1. The summed E-state index contributed by atoms with van der Waals surface area (Å²) in [4.78, 5) is 1.39. The summed E-state index contributed by atoms with van der Waals surface area (Å²) in [5, 5.41) is 1.34. The molecule has 0 radical (unpaired) electrons. The fourth-order valence-electron chi connectivity index (χ4n) is 2.53. The summed E-state index contributed by atoms with van der Waals surface area (Å²) in [5.41, 5.74) is 3.59. The van der Waals surface area contributed by atoms with E-state index in [1.807, 2.05) is 37.7 Å². The number of hydrogen-bond acceptors (Lipinski definition) is 2. The van der Waals surface area contributed by atoms with E-state index in [0.29, 0.717) is 5.25 Å². The molecule has 2 aromatic rings. The second-order valence-electron chi connectivity index (χ2n) is 5.23. The van der Waals surface area contributed by atoms with Crippen molar-refractivity contribution in [2.45, 2.75) is 30.4 Å². The summed E-state index contributed by atoms with van der Waals surface area (Å²) in [6.45, 7) is 4.77. The van der Waals surface area contributed by atoms with Crippen LogP contribution in [0.3, 0.4) is 0 Å². The lowest BCUT2D eigenvalue weighted by Crippen LogP contribution is -2.13. The number of fused-ring (bicyclic) bond motifs is 1. The zero-order valence-corrected chi connectivity index (χ0v) is 13.2. The van der Waals surface area contributed by atoms with Crippen molar-refractivity contribution >= 4 is 23.4 Å². The normalized spacial score (nSPS) is 17.1. The molecule has 0 bridgehead atoms. The van der Waals surface area contributed by atoms with Gasteiger partial charge in [-0.15, -0.1) is 11.8 Å². The maximum atomic E-state index is 6.18. The Kier molecular flexibility index (Phi) is 3.95. The molecule has 3 rings (SSSR count). The fraction of sp³-hybridized carbons (Fsp3) is 0.294. The smallest absolute Gasteiger partial charge is 0.119 e. The minimum atomic E-state index is 0.503. The van der Waals surface area contributed by atoms with E-state index >= 15 is 0 Å². The topological polar surface area (TPSA) is 9.23 Å². The van der Waals surface area contributed by atoms with Crippen LogP contribution in [0.25, 0.3) is 0 Å². The standard InChI is InChI=1S/C17H17ClOS/c1-11-7-14(8-12(2)17(11)18)19-10-15-9-13-5-3-4-6-16(13)20-15/h3-8,15H,9-10H2,1-2H3. The molecule has 0 spiro atoms. The highest BCUT2D eigenvalue weighted by Crippen LogP contribution is 2.37. The van der Waals surface area contributed by atoms with E-state index in [-0.39, 0.29) is 0 Å². The minimum absolute atomic E-state index is 0.503. The fourth-order valence-corrected chi connectivity index (χ4v) is 3.85. The molecule has 0 saturated carbocycles. The number of rotatable bonds is 3. The van der Waals surface area contributed by atoms with Crippen LogP contribution in [0.15, 0.2) is 41.3 Å². The largest absolute Gasteiger partial charge is 0.492 e. The lowest BCUT2D eigenvalue weighted by Gasteiger charge is -2.13. The van der Waals surface area contributed by atoms with E-state index in [0.717, 1.165) is 34.9 Å². The van der Waals surface area contributed by atoms with Gasteiger partial charge in [-0.3, -0.25) is 0 Å². The molecule has 3 heteroatoms. The van der Waals surface area contributed by atoms with Gasteiger partial charge in [0.05, 0.1) is 0 Å². The van der Waals surface area contributed by atoms with Crippen molar-refractivity contribution in [2.24, 2.45) is 0 Å². The summed E-state index contributed by atoms with van der Waals surface area (Å²) in [5.74, 6) is 0.918. The van der Waals surface area contributed by atoms with Gasteiger partial charge in [0.2, 0.25) is 0 Å². The van der Waals surface area contributed by atoms with Crippen LogP contribution in [0.1, 0.15) is 16.7 Å². The predicted octanol–water partition coefficient (Wildman–Crippen LogP) is 5.05. The number of benzene rings is 2. The van der Waals surface area contributed by atoms with Crippen molar-refractivity contribution < 1.29 is 4.74 Å². The van der Waals surface area contributed by atoms with E-state index < -0.39 is 0 Å². The highest BCUT2D eigenvalue weighted by Gasteiger charge is 2.22. The van der Waals surface area contributed by atoms with E-state index in [2.05, 4.69) is 24.3 Å². The summed E-state index contributed by atoms with van der Waals surface area (Å²) in [6.07, 6.45) is 1.09. The van der Waals surface area contributed by atoms with Crippen LogP contribution in [-0.2, 0) is 6.42 Å². The third kappa shape index (κ3) is 2.82. The number of thioether (sulfide) groups is 1. The van der Waals surface area contributed by atoms with Crippen molar-refractivity contribution in [2.75, 3.05) is 6.61 Å². The Morgan fingerprint density at radius 2 is 1.90 bits per heavy atom. The van der Waals surface area contributed by atoms with Gasteiger partial charge in [-0.1, -0.05) is 29.8 Å². The van der Waals surface area contributed by atoms with E-state index in [4.69, 9.17) is 16.3 Å². The van der Waals surface area contributed by atoms with Crippen molar-refractivity contribution in [1.82, 2.24) is 0 Å². The molecule has 1 nitrogen and oxygen atoms in total. The third-order valence-electron chi connectivity index (χ3n) is 3.56. The third-order valence-corrected chi connectivity index (χ3v) is 5.44. The highest BCUT2D eigenvalue weighted by molar-refractivity contribution is 8.00. The Morgan fingerprint density at radius 3 is 2.60 bits per heavy atom. The molecular weight excluding hydrogens is 288 g/mol. The Hall–Kier alpha value is -1.12. The second kappa shape index (κ2) is 5.71. The van der Waals surface area contributed by atoms with Gasteiger partial charge in [0.1, 0.15) is 12.4 Å². The van der Waals surface area contributed by atoms with Gasteiger partial charge in [0, 0.05) is 15.2 Å². The molecule has 0 aliphatic carbocycles. The maximum Gasteiger partial charge on any atom is 0.119 e. The van der Waals surface area contributed by atoms with Gasteiger partial charge in [0.15, 0.2) is 0 Å². The molecule has 0 aromatic heterocycles. The molecule has 1 heterocycles. The van der Waals surface area contributed by atoms with Crippen LogP contribution in [0.5, 0.6) is 5.75 Å². The van der Waals surface area contributed by atoms with Crippen molar-refractivity contribution in [3.63, 3.8) is 0 Å². The van der Waals surface area contributed by atoms with Gasteiger partial charge >= 0.3 is 0 Å². The quantitative estimate of drug-likeness (QED) is 0.784. The second-order valence-corrected chi connectivity index (χ2v) is 6.95. The number of hydrogen-bond donors (Lipinski definition) is 0. The summed E-state index contributed by atoms with van der Waals surface area (Å²) >= 11 is 8.09. The zero-order chi connectivity index (χ0) is 14.1. The van der Waals surface area contributed by atoms with Crippen LogP contribution in [0.4, 0.5) is 0 Å². The van der Waals surface area contributed by atoms with E-state index in [9.17, 15) is 0 Å². The predicted molar refractivity (Wildman–Crippen MR) is 86.2 cm³/mol. The molecule has 0 saturated heterocycles. The highest BCUT2D eigenvalue weighted by atomic mass is 35.5. The number of aryl methyl sites for hydroxylation is 2. The van der Waals surface area contributed by atoms with Crippen LogP contribution < -0.4 is 4.74 Å². The van der Waals surface area contributed by atoms with Crippen LogP contribution in [0.2, 0.25) is 5.02 Å². The molecule has 1 unspecified atom stereocenters. The summed E-state index contributed by atoms with van der Waals surface area (Å²) in [7, 11) is 0. The molecule has 0 fully saturated rings. The molecule has 1 aliphatic heterocycles.